The molecule has 4 rings (SSSR count). The van der Waals surface area contributed by atoms with Crippen molar-refractivity contribution < 1.29 is 9.53 Å². The molecule has 2 aromatic carbocycles. The molecule has 0 bridgehead atoms. The second-order valence-electron chi connectivity index (χ2n) is 10.8. The normalized spacial score (nSPS) is 14.9. The SMILES string of the molecule is COc1ccccc1N=NC(=C1C=C(C(C)(C)C)C(=O)C(C(C)(C)C)=C1)c1scc2ccccc12. The zero-order chi connectivity index (χ0) is 25.4. The van der Waals surface area contributed by atoms with Gasteiger partial charge in [-0.2, -0.15) is 0 Å². The smallest absolute Gasteiger partial charge is 0.186 e. The minimum atomic E-state index is -0.310. The molecule has 0 amide bonds. The van der Waals surface area contributed by atoms with Gasteiger partial charge in [0.1, 0.15) is 17.1 Å². The highest BCUT2D eigenvalue weighted by Gasteiger charge is 2.35. The zero-order valence-electron chi connectivity index (χ0n) is 21.5. The Bertz CT molecular complexity index is 1370. The monoisotopic (exact) mass is 484 g/mol. The molecule has 0 aliphatic heterocycles. The first-order chi connectivity index (χ1) is 16.5. The lowest BCUT2D eigenvalue weighted by Gasteiger charge is -2.31. The second kappa shape index (κ2) is 9.38. The Morgan fingerprint density at radius 2 is 1.46 bits per heavy atom. The maximum atomic E-state index is 13.5. The van der Waals surface area contributed by atoms with Gasteiger partial charge in [0.05, 0.1) is 12.0 Å². The van der Waals surface area contributed by atoms with Gasteiger partial charge in [0.25, 0.3) is 0 Å². The highest BCUT2D eigenvalue weighted by molar-refractivity contribution is 7.12. The van der Waals surface area contributed by atoms with Gasteiger partial charge in [-0.1, -0.05) is 77.9 Å². The molecule has 0 radical (unpaired) electrons. The summed E-state index contributed by atoms with van der Waals surface area (Å²) in [5, 5.41) is 13.8. The molecule has 5 heteroatoms. The molecule has 3 aromatic rings. The van der Waals surface area contributed by atoms with Crippen molar-refractivity contribution in [2.45, 2.75) is 41.5 Å². The molecule has 0 saturated heterocycles. The number of para-hydroxylation sites is 1. The molecule has 0 atom stereocenters. The summed E-state index contributed by atoms with van der Waals surface area (Å²) < 4.78 is 5.49. The number of nitrogens with zero attached hydrogens (tertiary/aromatic N) is 2. The molecule has 0 N–H and O–H groups in total. The van der Waals surface area contributed by atoms with Crippen molar-refractivity contribution in [2.75, 3.05) is 7.11 Å². The number of thiophene rings is 1. The van der Waals surface area contributed by atoms with Crippen LogP contribution in [0.1, 0.15) is 46.4 Å². The number of carbonyl (C=O) groups is 1. The van der Waals surface area contributed by atoms with E-state index in [0.717, 1.165) is 38.1 Å². The van der Waals surface area contributed by atoms with Crippen molar-refractivity contribution in [3.05, 3.63) is 87.7 Å². The number of rotatable bonds is 4. The molecule has 1 heterocycles. The van der Waals surface area contributed by atoms with E-state index in [-0.39, 0.29) is 16.6 Å². The molecule has 1 aromatic heterocycles. The average molecular weight is 485 g/mol. The summed E-state index contributed by atoms with van der Waals surface area (Å²) >= 11 is 1.64. The first kappa shape index (κ1) is 24.8. The van der Waals surface area contributed by atoms with E-state index in [4.69, 9.17) is 9.85 Å². The van der Waals surface area contributed by atoms with E-state index in [2.05, 4.69) is 64.2 Å². The molecule has 1 aliphatic carbocycles. The van der Waals surface area contributed by atoms with Crippen LogP contribution in [0.4, 0.5) is 5.69 Å². The summed E-state index contributed by atoms with van der Waals surface area (Å²) in [6, 6.07) is 15.9. The van der Waals surface area contributed by atoms with Crippen molar-refractivity contribution in [1.29, 1.82) is 0 Å². The molecule has 1 aliphatic rings. The van der Waals surface area contributed by atoms with E-state index >= 15 is 0 Å². The van der Waals surface area contributed by atoms with Crippen LogP contribution in [0, 0.1) is 10.8 Å². The number of benzene rings is 2. The van der Waals surface area contributed by atoms with Crippen molar-refractivity contribution in [1.82, 2.24) is 0 Å². The van der Waals surface area contributed by atoms with Crippen LogP contribution in [0.15, 0.2) is 93.0 Å². The third kappa shape index (κ3) is 5.06. The predicted octanol–water partition coefficient (Wildman–Crippen LogP) is 8.93. The minimum absolute atomic E-state index is 0.103. The number of fused-ring (bicyclic) bond motifs is 1. The van der Waals surface area contributed by atoms with Crippen LogP contribution in [0.3, 0.4) is 0 Å². The Labute approximate surface area is 211 Å². The second-order valence-corrected chi connectivity index (χ2v) is 11.7. The fraction of sp³-hybridized carbons (Fsp3) is 0.300. The Morgan fingerprint density at radius 1 is 0.857 bits per heavy atom. The maximum absolute atomic E-state index is 13.5. The van der Waals surface area contributed by atoms with E-state index in [1.165, 1.54) is 0 Å². The molecule has 0 spiro atoms. The summed E-state index contributed by atoms with van der Waals surface area (Å²) in [6.45, 7) is 12.5. The summed E-state index contributed by atoms with van der Waals surface area (Å²) in [5.41, 5.74) is 3.24. The van der Waals surface area contributed by atoms with Crippen LogP contribution in [0.5, 0.6) is 5.75 Å². The summed E-state index contributed by atoms with van der Waals surface area (Å²) in [4.78, 5) is 14.5. The van der Waals surface area contributed by atoms with Crippen LogP contribution < -0.4 is 4.74 Å². The number of ether oxygens (including phenoxy) is 1. The molecular weight excluding hydrogens is 452 g/mol. The lowest BCUT2D eigenvalue weighted by molar-refractivity contribution is -0.114. The van der Waals surface area contributed by atoms with Gasteiger partial charge < -0.3 is 4.74 Å². The summed E-state index contributed by atoms with van der Waals surface area (Å²) in [6.07, 6.45) is 4.01. The topological polar surface area (TPSA) is 51.0 Å². The van der Waals surface area contributed by atoms with Crippen molar-refractivity contribution in [2.24, 2.45) is 21.1 Å². The van der Waals surface area contributed by atoms with E-state index in [9.17, 15) is 4.79 Å². The Morgan fingerprint density at radius 3 is 2.09 bits per heavy atom. The van der Waals surface area contributed by atoms with Gasteiger partial charge in [-0.25, -0.2) is 0 Å². The number of Topliss-reactive ketones (excluding diaryl/α,β-unsaturated/α-hetero) is 1. The van der Waals surface area contributed by atoms with Crippen molar-refractivity contribution >= 4 is 39.3 Å². The zero-order valence-corrected chi connectivity index (χ0v) is 22.3. The number of hydrogen-bond acceptors (Lipinski definition) is 5. The largest absolute Gasteiger partial charge is 0.494 e. The fourth-order valence-electron chi connectivity index (χ4n) is 4.11. The molecular formula is C30H32N2O2S. The van der Waals surface area contributed by atoms with Crippen molar-refractivity contribution in [3.63, 3.8) is 0 Å². The number of azo groups is 1. The molecule has 4 nitrogen and oxygen atoms in total. The third-order valence-corrected chi connectivity index (χ3v) is 7.07. The van der Waals surface area contributed by atoms with Crippen LogP contribution >= 0.6 is 11.3 Å². The lowest BCUT2D eigenvalue weighted by atomic mass is 9.71. The maximum Gasteiger partial charge on any atom is 0.186 e. The van der Waals surface area contributed by atoms with Crippen LogP contribution in [0.25, 0.3) is 16.5 Å². The number of methoxy groups -OCH3 is 1. The highest BCUT2D eigenvalue weighted by atomic mass is 32.1. The lowest BCUT2D eigenvalue weighted by Crippen LogP contribution is -2.28. The quantitative estimate of drug-likeness (QED) is 0.347. The number of hydrogen-bond donors (Lipinski definition) is 0. The fourth-order valence-corrected chi connectivity index (χ4v) is 5.14. The van der Waals surface area contributed by atoms with Gasteiger partial charge in [0, 0.05) is 22.1 Å². The molecule has 0 fully saturated rings. The Kier molecular flexibility index (Phi) is 6.65. The molecule has 0 unspecified atom stereocenters. The van der Waals surface area contributed by atoms with E-state index in [1.807, 2.05) is 48.6 Å². The predicted molar refractivity (Wildman–Crippen MR) is 146 cm³/mol. The summed E-state index contributed by atoms with van der Waals surface area (Å²) in [5.74, 6) is 0.762. The molecule has 180 valence electrons. The third-order valence-electron chi connectivity index (χ3n) is 6.05. The Hall–Kier alpha value is -3.31. The van der Waals surface area contributed by atoms with E-state index in [1.54, 1.807) is 18.4 Å². The van der Waals surface area contributed by atoms with Gasteiger partial charge in [-0.05, 0) is 45.9 Å². The van der Waals surface area contributed by atoms with Gasteiger partial charge in [0.15, 0.2) is 5.78 Å². The van der Waals surface area contributed by atoms with E-state index < -0.39 is 0 Å². The minimum Gasteiger partial charge on any atom is -0.494 e. The Balaban J connectivity index is 2.03. The molecule has 35 heavy (non-hydrogen) atoms. The van der Waals surface area contributed by atoms with Gasteiger partial charge in [-0.3, -0.25) is 4.79 Å². The first-order valence-electron chi connectivity index (χ1n) is 11.8. The number of ketones is 1. The standard InChI is InChI=1S/C30H32N2O2S/c1-29(2,3)22-16-20(17-23(27(22)33)30(4,5)6)26(28-21-13-9-8-12-19(21)18-35-28)32-31-24-14-10-11-15-25(24)34-7/h8-18H,1-7H3. The summed E-state index contributed by atoms with van der Waals surface area (Å²) in [7, 11) is 1.63. The van der Waals surface area contributed by atoms with Gasteiger partial charge >= 0.3 is 0 Å². The molecule has 0 saturated carbocycles. The van der Waals surface area contributed by atoms with Crippen LogP contribution in [-0.2, 0) is 4.79 Å². The van der Waals surface area contributed by atoms with Gasteiger partial charge in [-0.15, -0.1) is 21.6 Å². The van der Waals surface area contributed by atoms with Crippen molar-refractivity contribution in [3.8, 4) is 5.75 Å². The average Bonchev–Trinajstić information content (AvgIpc) is 3.22. The van der Waals surface area contributed by atoms with Gasteiger partial charge in [0.2, 0.25) is 0 Å². The number of carbonyl (C=O) groups excluding carboxylic acids is 1. The van der Waals surface area contributed by atoms with Crippen LogP contribution in [0.2, 0.25) is 0 Å². The van der Waals surface area contributed by atoms with Crippen LogP contribution in [-0.4, -0.2) is 12.9 Å². The highest BCUT2D eigenvalue weighted by Crippen LogP contribution is 2.43. The first-order valence-corrected chi connectivity index (χ1v) is 12.6. The number of allylic oxidation sites excluding steroid dienone is 5. The van der Waals surface area contributed by atoms with E-state index in [0.29, 0.717) is 11.4 Å².